The van der Waals surface area contributed by atoms with Crippen LogP contribution in [0, 0.1) is 6.92 Å². The van der Waals surface area contributed by atoms with Gasteiger partial charge in [-0.3, -0.25) is 4.79 Å². The fourth-order valence-corrected chi connectivity index (χ4v) is 2.35. The molecule has 0 aliphatic heterocycles. The molecule has 1 amide bonds. The van der Waals surface area contributed by atoms with Crippen LogP contribution in [-0.4, -0.2) is 36.1 Å². The Kier molecular flexibility index (Phi) is 6.33. The van der Waals surface area contributed by atoms with E-state index in [0.29, 0.717) is 12.5 Å². The van der Waals surface area contributed by atoms with Crippen molar-refractivity contribution in [1.82, 2.24) is 15.3 Å². The molecule has 0 unspecified atom stereocenters. The fourth-order valence-electron chi connectivity index (χ4n) is 2.35. The van der Waals surface area contributed by atoms with Crippen molar-refractivity contribution in [2.24, 2.45) is 0 Å². The molecule has 1 aromatic carbocycles. The van der Waals surface area contributed by atoms with Crippen LogP contribution in [0.15, 0.2) is 30.3 Å². The first-order valence-electron chi connectivity index (χ1n) is 8.38. The molecular weight excluding hydrogens is 316 g/mol. The number of hydrogen-bond donors (Lipinski definition) is 1. The second-order valence-corrected chi connectivity index (χ2v) is 6.42. The second kappa shape index (κ2) is 8.46. The molecule has 0 radical (unpaired) electrons. The molecule has 0 saturated carbocycles. The lowest BCUT2D eigenvalue weighted by molar-refractivity contribution is -0.120. The van der Waals surface area contributed by atoms with Crippen molar-refractivity contribution in [3.8, 4) is 5.75 Å². The van der Waals surface area contributed by atoms with E-state index in [1.54, 1.807) is 0 Å². The predicted molar refractivity (Wildman–Crippen MR) is 98.9 cm³/mol. The summed E-state index contributed by atoms with van der Waals surface area (Å²) in [5.41, 5.74) is 2.54. The first kappa shape index (κ1) is 18.7. The van der Waals surface area contributed by atoms with Gasteiger partial charge in [-0.2, -0.15) is 0 Å². The van der Waals surface area contributed by atoms with Gasteiger partial charge in [0.1, 0.15) is 5.75 Å². The first-order chi connectivity index (χ1) is 11.8. The quantitative estimate of drug-likeness (QED) is 0.837. The molecule has 6 heteroatoms. The zero-order chi connectivity index (χ0) is 18.4. The van der Waals surface area contributed by atoms with E-state index in [4.69, 9.17) is 4.74 Å². The van der Waals surface area contributed by atoms with Crippen LogP contribution in [0.3, 0.4) is 0 Å². The first-order valence-corrected chi connectivity index (χ1v) is 8.38. The van der Waals surface area contributed by atoms with Gasteiger partial charge in [-0.05, 0) is 32.9 Å². The van der Waals surface area contributed by atoms with E-state index in [9.17, 15) is 4.79 Å². The highest BCUT2D eigenvalue weighted by Crippen LogP contribution is 2.20. The van der Waals surface area contributed by atoms with E-state index in [0.717, 1.165) is 22.7 Å². The number of rotatable bonds is 7. The Morgan fingerprint density at radius 2 is 1.96 bits per heavy atom. The standard InChI is InChI=1S/C19H26N4O2/c1-13(2)25-17-9-7-6-8-15(17)11-18(24)20-12-16-10-14(3)21-19(22-16)23(4)5/h6-10,13H,11-12H2,1-5H3,(H,20,24). The minimum atomic E-state index is -0.0672. The molecular formula is C19H26N4O2. The minimum Gasteiger partial charge on any atom is -0.491 e. The summed E-state index contributed by atoms with van der Waals surface area (Å²) in [6.45, 7) is 6.23. The van der Waals surface area contributed by atoms with Gasteiger partial charge in [0.25, 0.3) is 0 Å². The van der Waals surface area contributed by atoms with Crippen LogP contribution in [0.5, 0.6) is 5.75 Å². The van der Waals surface area contributed by atoms with Gasteiger partial charge in [-0.15, -0.1) is 0 Å². The average Bonchev–Trinajstić information content (AvgIpc) is 2.54. The number of para-hydroxylation sites is 1. The van der Waals surface area contributed by atoms with Crippen LogP contribution >= 0.6 is 0 Å². The number of aryl methyl sites for hydroxylation is 1. The molecule has 6 nitrogen and oxygen atoms in total. The molecule has 0 fully saturated rings. The predicted octanol–water partition coefficient (Wildman–Crippen LogP) is 2.50. The molecule has 2 aromatic rings. The van der Waals surface area contributed by atoms with Crippen molar-refractivity contribution >= 4 is 11.9 Å². The third kappa shape index (κ3) is 5.74. The van der Waals surface area contributed by atoms with E-state index in [1.165, 1.54) is 0 Å². The van der Waals surface area contributed by atoms with Crippen molar-refractivity contribution in [3.63, 3.8) is 0 Å². The summed E-state index contributed by atoms with van der Waals surface area (Å²) in [6, 6.07) is 9.50. The van der Waals surface area contributed by atoms with Crippen LogP contribution in [0.25, 0.3) is 0 Å². The van der Waals surface area contributed by atoms with Gasteiger partial charge in [-0.1, -0.05) is 18.2 Å². The molecule has 25 heavy (non-hydrogen) atoms. The lowest BCUT2D eigenvalue weighted by Crippen LogP contribution is -2.26. The number of anilines is 1. The van der Waals surface area contributed by atoms with E-state index >= 15 is 0 Å². The Morgan fingerprint density at radius 3 is 2.64 bits per heavy atom. The van der Waals surface area contributed by atoms with Crippen LogP contribution in [-0.2, 0) is 17.8 Å². The number of amides is 1. The van der Waals surface area contributed by atoms with E-state index < -0.39 is 0 Å². The number of benzene rings is 1. The van der Waals surface area contributed by atoms with Crippen LogP contribution in [0.4, 0.5) is 5.95 Å². The maximum atomic E-state index is 12.3. The molecule has 134 valence electrons. The summed E-state index contributed by atoms with van der Waals surface area (Å²) in [6.07, 6.45) is 0.339. The Bertz CT molecular complexity index is 729. The van der Waals surface area contributed by atoms with E-state index in [-0.39, 0.29) is 18.4 Å². The highest BCUT2D eigenvalue weighted by atomic mass is 16.5. The molecule has 0 aliphatic carbocycles. The van der Waals surface area contributed by atoms with Crippen molar-refractivity contribution in [2.75, 3.05) is 19.0 Å². The molecule has 1 heterocycles. The van der Waals surface area contributed by atoms with Gasteiger partial charge in [0.05, 0.1) is 24.8 Å². The van der Waals surface area contributed by atoms with E-state index in [2.05, 4.69) is 15.3 Å². The van der Waals surface area contributed by atoms with E-state index in [1.807, 2.05) is 70.1 Å². The third-order valence-electron chi connectivity index (χ3n) is 3.45. The number of nitrogens with one attached hydrogen (secondary N) is 1. The topological polar surface area (TPSA) is 67.3 Å². The molecule has 0 bridgehead atoms. The maximum absolute atomic E-state index is 12.3. The molecule has 0 spiro atoms. The number of ether oxygens (including phenoxy) is 1. The number of carbonyl (C=O) groups excluding carboxylic acids is 1. The Morgan fingerprint density at radius 1 is 1.24 bits per heavy atom. The van der Waals surface area contributed by atoms with Gasteiger partial charge in [0.15, 0.2) is 0 Å². The second-order valence-electron chi connectivity index (χ2n) is 6.42. The van der Waals surface area contributed by atoms with Gasteiger partial charge in [0, 0.05) is 25.4 Å². The number of nitrogens with zero attached hydrogens (tertiary/aromatic N) is 3. The Balaban J connectivity index is 2.00. The zero-order valence-electron chi connectivity index (χ0n) is 15.5. The monoisotopic (exact) mass is 342 g/mol. The van der Waals surface area contributed by atoms with Crippen molar-refractivity contribution in [3.05, 3.63) is 47.3 Å². The molecule has 0 aliphatic rings. The summed E-state index contributed by atoms with van der Waals surface area (Å²) in [7, 11) is 3.78. The zero-order valence-corrected chi connectivity index (χ0v) is 15.5. The molecule has 0 saturated heterocycles. The summed E-state index contributed by atoms with van der Waals surface area (Å²) < 4.78 is 5.76. The Hall–Kier alpha value is -2.63. The maximum Gasteiger partial charge on any atom is 0.225 e. The molecule has 1 aromatic heterocycles. The molecule has 2 rings (SSSR count). The number of carbonyl (C=O) groups is 1. The lowest BCUT2D eigenvalue weighted by atomic mass is 10.1. The number of aromatic nitrogens is 2. The molecule has 1 N–H and O–H groups in total. The van der Waals surface area contributed by atoms with Gasteiger partial charge >= 0.3 is 0 Å². The van der Waals surface area contributed by atoms with Crippen molar-refractivity contribution in [1.29, 1.82) is 0 Å². The summed E-state index contributed by atoms with van der Waals surface area (Å²) >= 11 is 0. The van der Waals surface area contributed by atoms with Gasteiger partial charge < -0.3 is 15.0 Å². The Labute approximate surface area is 149 Å². The third-order valence-corrected chi connectivity index (χ3v) is 3.45. The summed E-state index contributed by atoms with van der Waals surface area (Å²) in [5.74, 6) is 1.32. The highest BCUT2D eigenvalue weighted by Gasteiger charge is 2.11. The van der Waals surface area contributed by atoms with Gasteiger partial charge in [0.2, 0.25) is 11.9 Å². The largest absolute Gasteiger partial charge is 0.491 e. The highest BCUT2D eigenvalue weighted by molar-refractivity contribution is 5.79. The molecule has 0 atom stereocenters. The van der Waals surface area contributed by atoms with Gasteiger partial charge in [-0.25, -0.2) is 9.97 Å². The SMILES string of the molecule is Cc1cc(CNC(=O)Cc2ccccc2OC(C)C)nc(N(C)C)n1. The summed E-state index contributed by atoms with van der Waals surface area (Å²) in [5, 5.41) is 2.92. The lowest BCUT2D eigenvalue weighted by Gasteiger charge is -2.14. The average molecular weight is 342 g/mol. The normalized spacial score (nSPS) is 10.6. The van der Waals surface area contributed by atoms with Crippen LogP contribution < -0.4 is 15.0 Å². The van der Waals surface area contributed by atoms with Crippen LogP contribution in [0.1, 0.15) is 30.8 Å². The van der Waals surface area contributed by atoms with Crippen molar-refractivity contribution < 1.29 is 9.53 Å². The minimum absolute atomic E-state index is 0.0672. The summed E-state index contributed by atoms with van der Waals surface area (Å²) in [4.78, 5) is 22.9. The van der Waals surface area contributed by atoms with Crippen molar-refractivity contribution in [2.45, 2.75) is 39.8 Å². The van der Waals surface area contributed by atoms with Crippen LogP contribution in [0.2, 0.25) is 0 Å². The fraction of sp³-hybridized carbons (Fsp3) is 0.421. The smallest absolute Gasteiger partial charge is 0.225 e. The number of hydrogen-bond acceptors (Lipinski definition) is 5.